The summed E-state index contributed by atoms with van der Waals surface area (Å²) in [6.07, 6.45) is 0. The molecular weight excluding hydrogens is 332 g/mol. The molecule has 0 saturated carbocycles. The minimum atomic E-state index is -0.839. The summed E-state index contributed by atoms with van der Waals surface area (Å²) in [7, 11) is 0. The lowest BCUT2D eigenvalue weighted by Gasteiger charge is -2.13. The highest BCUT2D eigenvalue weighted by atomic mass is 79.9. The Hall–Kier alpha value is -1.96. The van der Waals surface area contributed by atoms with Crippen molar-refractivity contribution in [2.24, 2.45) is 0 Å². The smallest absolute Gasteiger partial charge is 0.328 e. The molecular formula is C12H13BrN2O5. The van der Waals surface area contributed by atoms with E-state index in [1.165, 1.54) is 25.1 Å². The number of nitrogens with one attached hydrogen (secondary N) is 1. The Labute approximate surface area is 123 Å². The quantitative estimate of drug-likeness (QED) is 0.500. The van der Waals surface area contributed by atoms with Gasteiger partial charge in [-0.25, -0.2) is 4.79 Å². The fourth-order valence-electron chi connectivity index (χ4n) is 1.44. The van der Waals surface area contributed by atoms with E-state index in [1.807, 2.05) is 0 Å². The second-order valence-electron chi connectivity index (χ2n) is 3.84. The lowest BCUT2D eigenvalue weighted by Crippen LogP contribution is -2.39. The molecule has 0 radical (unpaired) electrons. The van der Waals surface area contributed by atoms with E-state index in [0.717, 1.165) is 0 Å². The molecule has 0 aliphatic heterocycles. The molecule has 1 atom stereocenters. The number of hydrogen-bond donors (Lipinski definition) is 1. The van der Waals surface area contributed by atoms with Crippen molar-refractivity contribution >= 4 is 33.5 Å². The standard InChI is InChI=1S/C12H13BrN2O5/c1-3-20-12(17)7(2)14-11(16)8-5-4-6-9(10(8)13)15(18)19/h4-7H,3H2,1-2H3,(H,14,16)/t7-/m0/s1. The van der Waals surface area contributed by atoms with Gasteiger partial charge in [-0.15, -0.1) is 0 Å². The van der Waals surface area contributed by atoms with E-state index in [0.29, 0.717) is 0 Å². The topological polar surface area (TPSA) is 98.5 Å². The Morgan fingerprint density at radius 3 is 2.70 bits per heavy atom. The summed E-state index contributed by atoms with van der Waals surface area (Å²) in [5.74, 6) is -1.16. The van der Waals surface area contributed by atoms with Gasteiger partial charge in [0.2, 0.25) is 0 Å². The molecule has 1 aromatic rings. The van der Waals surface area contributed by atoms with Gasteiger partial charge >= 0.3 is 5.97 Å². The summed E-state index contributed by atoms with van der Waals surface area (Å²) >= 11 is 3.02. The van der Waals surface area contributed by atoms with Crippen LogP contribution in [-0.2, 0) is 9.53 Å². The van der Waals surface area contributed by atoms with Crippen LogP contribution < -0.4 is 5.32 Å². The predicted octanol–water partition coefficient (Wildman–Crippen LogP) is 2.04. The molecule has 0 aliphatic rings. The number of ether oxygens (including phenoxy) is 1. The number of nitrogens with zero attached hydrogens (tertiary/aromatic N) is 1. The molecule has 1 aromatic carbocycles. The van der Waals surface area contributed by atoms with Gasteiger partial charge < -0.3 is 10.1 Å². The van der Waals surface area contributed by atoms with E-state index in [1.54, 1.807) is 6.92 Å². The monoisotopic (exact) mass is 344 g/mol. The van der Waals surface area contributed by atoms with Crippen LogP contribution in [0.5, 0.6) is 0 Å². The van der Waals surface area contributed by atoms with Crippen LogP contribution >= 0.6 is 15.9 Å². The summed E-state index contributed by atoms with van der Waals surface area (Å²) in [4.78, 5) is 33.6. The number of hydrogen-bond acceptors (Lipinski definition) is 5. The van der Waals surface area contributed by atoms with Crippen LogP contribution in [0, 0.1) is 10.1 Å². The van der Waals surface area contributed by atoms with Crippen molar-refractivity contribution in [3.8, 4) is 0 Å². The highest BCUT2D eigenvalue weighted by Crippen LogP contribution is 2.28. The van der Waals surface area contributed by atoms with Crippen LogP contribution in [0.3, 0.4) is 0 Å². The molecule has 0 fully saturated rings. The van der Waals surface area contributed by atoms with E-state index in [-0.39, 0.29) is 22.3 Å². The van der Waals surface area contributed by atoms with Crippen molar-refractivity contribution < 1.29 is 19.2 Å². The van der Waals surface area contributed by atoms with Crippen LogP contribution in [0.4, 0.5) is 5.69 Å². The summed E-state index contributed by atoms with van der Waals surface area (Å²) in [5, 5.41) is 13.2. The number of nitro benzene ring substituents is 1. The van der Waals surface area contributed by atoms with E-state index < -0.39 is 22.8 Å². The number of esters is 1. The third-order valence-corrected chi connectivity index (χ3v) is 3.24. The van der Waals surface area contributed by atoms with E-state index in [4.69, 9.17) is 4.74 Å². The average molecular weight is 345 g/mol. The maximum Gasteiger partial charge on any atom is 0.328 e. The number of amides is 1. The van der Waals surface area contributed by atoms with E-state index in [2.05, 4.69) is 21.2 Å². The maximum atomic E-state index is 12.0. The van der Waals surface area contributed by atoms with E-state index in [9.17, 15) is 19.7 Å². The average Bonchev–Trinajstić information content (AvgIpc) is 2.38. The van der Waals surface area contributed by atoms with Gasteiger partial charge in [-0.3, -0.25) is 14.9 Å². The van der Waals surface area contributed by atoms with Gasteiger partial charge in [0.15, 0.2) is 0 Å². The molecule has 0 saturated heterocycles. The summed E-state index contributed by atoms with van der Waals surface area (Å²) in [6, 6.07) is 3.25. The summed E-state index contributed by atoms with van der Waals surface area (Å²) in [6.45, 7) is 3.34. The van der Waals surface area contributed by atoms with Crippen LogP contribution in [0.25, 0.3) is 0 Å². The SMILES string of the molecule is CCOC(=O)[C@H](C)NC(=O)c1cccc([N+](=O)[O-])c1Br. The van der Waals surface area contributed by atoms with Crippen LogP contribution in [0.15, 0.2) is 22.7 Å². The second kappa shape index (κ2) is 6.99. The predicted molar refractivity (Wildman–Crippen MR) is 74.4 cm³/mol. The first-order valence-corrected chi connectivity index (χ1v) is 6.58. The van der Waals surface area contributed by atoms with Crippen molar-refractivity contribution in [2.45, 2.75) is 19.9 Å². The first-order valence-electron chi connectivity index (χ1n) is 5.78. The minimum absolute atomic E-state index is 0.0681. The molecule has 108 valence electrons. The van der Waals surface area contributed by atoms with Gasteiger partial charge in [-0.05, 0) is 35.8 Å². The van der Waals surface area contributed by atoms with Gasteiger partial charge in [-0.2, -0.15) is 0 Å². The van der Waals surface area contributed by atoms with E-state index >= 15 is 0 Å². The van der Waals surface area contributed by atoms with Gasteiger partial charge in [0.1, 0.15) is 10.5 Å². The zero-order chi connectivity index (χ0) is 15.3. The van der Waals surface area contributed by atoms with Crippen molar-refractivity contribution in [3.05, 3.63) is 38.3 Å². The molecule has 0 heterocycles. The molecule has 0 spiro atoms. The van der Waals surface area contributed by atoms with Crippen LogP contribution in [-0.4, -0.2) is 29.4 Å². The Balaban J connectivity index is 2.91. The van der Waals surface area contributed by atoms with Crippen molar-refractivity contribution in [1.29, 1.82) is 0 Å². The number of halogens is 1. The lowest BCUT2D eigenvalue weighted by atomic mass is 10.2. The normalized spacial score (nSPS) is 11.6. The van der Waals surface area contributed by atoms with Gasteiger partial charge in [-0.1, -0.05) is 6.07 Å². The molecule has 0 aromatic heterocycles. The van der Waals surface area contributed by atoms with Crippen molar-refractivity contribution in [3.63, 3.8) is 0 Å². The zero-order valence-electron chi connectivity index (χ0n) is 10.9. The molecule has 8 heteroatoms. The molecule has 0 unspecified atom stereocenters. The maximum absolute atomic E-state index is 12.0. The van der Waals surface area contributed by atoms with Gasteiger partial charge in [0.25, 0.3) is 11.6 Å². The number of nitro groups is 1. The molecule has 0 bridgehead atoms. The van der Waals surface area contributed by atoms with Gasteiger partial charge in [0, 0.05) is 6.07 Å². The largest absolute Gasteiger partial charge is 0.464 e. The molecule has 1 rings (SSSR count). The first kappa shape index (κ1) is 16.1. The van der Waals surface area contributed by atoms with Crippen molar-refractivity contribution in [2.75, 3.05) is 6.61 Å². The number of carbonyl (C=O) groups excluding carboxylic acids is 2. The molecule has 0 aliphatic carbocycles. The number of rotatable bonds is 5. The molecule has 7 nitrogen and oxygen atoms in total. The molecule has 1 amide bonds. The Morgan fingerprint density at radius 2 is 2.15 bits per heavy atom. The Bertz CT molecular complexity index is 547. The Morgan fingerprint density at radius 1 is 1.50 bits per heavy atom. The number of benzene rings is 1. The molecule has 20 heavy (non-hydrogen) atoms. The lowest BCUT2D eigenvalue weighted by molar-refractivity contribution is -0.385. The fourth-order valence-corrected chi connectivity index (χ4v) is 2.03. The summed E-state index contributed by atoms with van der Waals surface area (Å²) < 4.78 is 4.83. The highest BCUT2D eigenvalue weighted by Gasteiger charge is 2.22. The minimum Gasteiger partial charge on any atom is -0.464 e. The van der Waals surface area contributed by atoms with Gasteiger partial charge in [0.05, 0.1) is 17.1 Å². The fraction of sp³-hybridized carbons (Fsp3) is 0.333. The molecule has 1 N–H and O–H groups in total. The van der Waals surface area contributed by atoms with Crippen LogP contribution in [0.1, 0.15) is 24.2 Å². The zero-order valence-corrected chi connectivity index (χ0v) is 12.5. The summed E-state index contributed by atoms with van der Waals surface area (Å²) in [5.41, 5.74) is -0.142. The third kappa shape index (κ3) is 3.77. The first-order chi connectivity index (χ1) is 9.38. The Kier molecular flexibility index (Phi) is 5.63. The van der Waals surface area contributed by atoms with Crippen LogP contribution in [0.2, 0.25) is 0 Å². The highest BCUT2D eigenvalue weighted by molar-refractivity contribution is 9.10. The number of carbonyl (C=O) groups is 2. The third-order valence-electron chi connectivity index (χ3n) is 2.41. The van der Waals surface area contributed by atoms with Crippen molar-refractivity contribution in [1.82, 2.24) is 5.32 Å². The second-order valence-corrected chi connectivity index (χ2v) is 4.64.